The van der Waals surface area contributed by atoms with E-state index >= 15 is 0 Å². The minimum Gasteiger partial charge on any atom is -0.491 e. The molecule has 0 aliphatic carbocycles. The van der Waals surface area contributed by atoms with E-state index in [1.54, 1.807) is 6.08 Å². The van der Waals surface area contributed by atoms with Crippen molar-refractivity contribution in [2.75, 3.05) is 5.32 Å². The van der Waals surface area contributed by atoms with Crippen molar-refractivity contribution < 1.29 is 9.53 Å². The van der Waals surface area contributed by atoms with Crippen molar-refractivity contribution in [1.29, 1.82) is 5.26 Å². The molecule has 25 heavy (non-hydrogen) atoms. The number of hydrogen-bond acceptors (Lipinski definition) is 3. The first-order chi connectivity index (χ1) is 11.9. The molecule has 0 atom stereocenters. The third-order valence-electron chi connectivity index (χ3n) is 3.57. The van der Waals surface area contributed by atoms with Crippen LogP contribution in [0.4, 0.5) is 5.69 Å². The molecule has 1 N–H and O–H groups in total. The summed E-state index contributed by atoms with van der Waals surface area (Å²) < 4.78 is 5.59. The van der Waals surface area contributed by atoms with Crippen molar-refractivity contribution >= 4 is 17.7 Å². The molecule has 1 amide bonds. The lowest BCUT2D eigenvalue weighted by Crippen LogP contribution is -2.14. The Labute approximate surface area is 148 Å². The van der Waals surface area contributed by atoms with Crippen LogP contribution in [0.1, 0.15) is 30.5 Å². The summed E-state index contributed by atoms with van der Waals surface area (Å²) in [6.07, 6.45) is 1.67. The number of ether oxygens (including phenoxy) is 1. The number of aryl methyl sites for hydroxylation is 2. The molecule has 0 aromatic heterocycles. The molecule has 4 nitrogen and oxygen atoms in total. The molecule has 0 fully saturated rings. The van der Waals surface area contributed by atoms with Crippen LogP contribution >= 0.6 is 0 Å². The molecule has 0 heterocycles. The van der Waals surface area contributed by atoms with Crippen LogP contribution in [0.15, 0.2) is 48.0 Å². The molecule has 0 saturated heterocycles. The van der Waals surface area contributed by atoms with E-state index in [0.29, 0.717) is 5.69 Å². The molecule has 0 spiro atoms. The monoisotopic (exact) mass is 334 g/mol. The molecule has 0 aliphatic heterocycles. The van der Waals surface area contributed by atoms with Gasteiger partial charge in [0.1, 0.15) is 17.4 Å². The molecule has 0 radical (unpaired) electrons. The summed E-state index contributed by atoms with van der Waals surface area (Å²) in [4.78, 5) is 12.4. The number of carbonyl (C=O) groups is 1. The van der Waals surface area contributed by atoms with E-state index in [-0.39, 0.29) is 11.7 Å². The Morgan fingerprint density at radius 1 is 1.16 bits per heavy atom. The second-order valence-corrected chi connectivity index (χ2v) is 6.18. The Morgan fingerprint density at radius 3 is 2.44 bits per heavy atom. The summed E-state index contributed by atoms with van der Waals surface area (Å²) >= 11 is 0. The Kier molecular flexibility index (Phi) is 5.97. The summed E-state index contributed by atoms with van der Waals surface area (Å²) in [5, 5.41) is 12.1. The zero-order valence-electron chi connectivity index (χ0n) is 15.0. The highest BCUT2D eigenvalue weighted by Crippen LogP contribution is 2.19. The minimum absolute atomic E-state index is 0.0541. The zero-order chi connectivity index (χ0) is 18.4. The van der Waals surface area contributed by atoms with Gasteiger partial charge >= 0.3 is 0 Å². The lowest BCUT2D eigenvalue weighted by molar-refractivity contribution is -0.112. The normalized spacial score (nSPS) is 11.1. The number of nitriles is 1. The number of hydrogen-bond donors (Lipinski definition) is 1. The molecule has 4 heteroatoms. The summed E-state index contributed by atoms with van der Waals surface area (Å²) in [5.74, 6) is 0.337. The third kappa shape index (κ3) is 5.22. The molecule has 0 saturated carbocycles. The number of anilines is 1. The Bertz CT molecular complexity index is 828. The van der Waals surface area contributed by atoms with E-state index in [9.17, 15) is 10.1 Å². The lowest BCUT2D eigenvalue weighted by Gasteiger charge is -2.10. The highest BCUT2D eigenvalue weighted by atomic mass is 16.5. The second-order valence-electron chi connectivity index (χ2n) is 6.18. The van der Waals surface area contributed by atoms with Crippen molar-refractivity contribution in [2.24, 2.45) is 0 Å². The van der Waals surface area contributed by atoms with E-state index in [4.69, 9.17) is 4.74 Å². The Balaban J connectivity index is 2.17. The number of nitrogens with zero attached hydrogens (tertiary/aromatic N) is 1. The van der Waals surface area contributed by atoms with Crippen molar-refractivity contribution in [3.63, 3.8) is 0 Å². The topological polar surface area (TPSA) is 62.1 Å². The first-order valence-electron chi connectivity index (χ1n) is 8.16. The maximum Gasteiger partial charge on any atom is 0.266 e. The molecule has 2 aromatic rings. The molecule has 2 aromatic carbocycles. The van der Waals surface area contributed by atoms with Crippen molar-refractivity contribution in [3.8, 4) is 11.8 Å². The number of rotatable bonds is 5. The van der Waals surface area contributed by atoms with E-state index in [2.05, 4.69) is 5.32 Å². The van der Waals surface area contributed by atoms with E-state index < -0.39 is 5.91 Å². The summed E-state index contributed by atoms with van der Waals surface area (Å²) in [6, 6.07) is 15.1. The summed E-state index contributed by atoms with van der Waals surface area (Å²) in [7, 11) is 0. The molecule has 0 unspecified atom stereocenters. The van der Waals surface area contributed by atoms with Crippen LogP contribution < -0.4 is 10.1 Å². The lowest BCUT2D eigenvalue weighted by atomic mass is 10.1. The quantitative estimate of drug-likeness (QED) is 0.640. The SMILES string of the molecule is Cc1ccc(C)c(NC(=O)/C(C#N)=C/c2ccc(OC(C)C)cc2)c1. The minimum atomic E-state index is -0.418. The van der Waals surface area contributed by atoms with Gasteiger partial charge in [0, 0.05) is 5.69 Å². The van der Waals surface area contributed by atoms with Gasteiger partial charge in [-0.3, -0.25) is 4.79 Å². The van der Waals surface area contributed by atoms with E-state index in [0.717, 1.165) is 22.4 Å². The van der Waals surface area contributed by atoms with Crippen LogP contribution in [0.25, 0.3) is 6.08 Å². The fourth-order valence-corrected chi connectivity index (χ4v) is 2.29. The van der Waals surface area contributed by atoms with Gasteiger partial charge < -0.3 is 10.1 Å². The largest absolute Gasteiger partial charge is 0.491 e. The maximum absolute atomic E-state index is 12.4. The fourth-order valence-electron chi connectivity index (χ4n) is 2.29. The number of carbonyl (C=O) groups excluding carboxylic acids is 1. The summed E-state index contributed by atoms with van der Waals surface area (Å²) in [5.41, 5.74) is 3.53. The van der Waals surface area contributed by atoms with Crippen LogP contribution in [-0.2, 0) is 4.79 Å². The molecule has 128 valence electrons. The molecule has 0 bridgehead atoms. The maximum atomic E-state index is 12.4. The number of benzene rings is 2. The van der Waals surface area contributed by atoms with Gasteiger partial charge in [-0.1, -0.05) is 24.3 Å². The number of nitrogens with one attached hydrogen (secondary N) is 1. The van der Waals surface area contributed by atoms with Gasteiger partial charge in [-0.2, -0.15) is 5.26 Å². The van der Waals surface area contributed by atoms with E-state index in [1.165, 1.54) is 0 Å². The van der Waals surface area contributed by atoms with Gasteiger partial charge in [-0.15, -0.1) is 0 Å². The van der Waals surface area contributed by atoms with Crippen molar-refractivity contribution in [3.05, 3.63) is 64.7 Å². The predicted molar refractivity (Wildman–Crippen MR) is 100 cm³/mol. The third-order valence-corrected chi connectivity index (χ3v) is 3.57. The Morgan fingerprint density at radius 2 is 1.84 bits per heavy atom. The molecule has 2 rings (SSSR count). The predicted octanol–water partition coefficient (Wildman–Crippen LogP) is 4.64. The number of amides is 1. The highest BCUT2D eigenvalue weighted by molar-refractivity contribution is 6.10. The molecular weight excluding hydrogens is 312 g/mol. The van der Waals surface area contributed by atoms with E-state index in [1.807, 2.05) is 76.2 Å². The second kappa shape index (κ2) is 8.16. The first-order valence-corrected chi connectivity index (χ1v) is 8.16. The fraction of sp³-hybridized carbons (Fsp3) is 0.238. The average molecular weight is 334 g/mol. The van der Waals surface area contributed by atoms with Crippen LogP contribution in [-0.4, -0.2) is 12.0 Å². The van der Waals surface area contributed by atoms with Gasteiger partial charge in [-0.25, -0.2) is 0 Å². The van der Waals surface area contributed by atoms with Gasteiger partial charge in [-0.05, 0) is 68.7 Å². The van der Waals surface area contributed by atoms with Crippen LogP contribution in [0, 0.1) is 25.2 Å². The van der Waals surface area contributed by atoms with Gasteiger partial charge in [0.2, 0.25) is 0 Å². The average Bonchev–Trinajstić information content (AvgIpc) is 2.57. The van der Waals surface area contributed by atoms with Gasteiger partial charge in [0.25, 0.3) is 5.91 Å². The molecule has 0 aliphatic rings. The highest BCUT2D eigenvalue weighted by Gasteiger charge is 2.11. The van der Waals surface area contributed by atoms with Gasteiger partial charge in [0.05, 0.1) is 6.10 Å². The Hall–Kier alpha value is -3.06. The smallest absolute Gasteiger partial charge is 0.266 e. The first kappa shape index (κ1) is 18.3. The van der Waals surface area contributed by atoms with Crippen LogP contribution in [0.3, 0.4) is 0 Å². The van der Waals surface area contributed by atoms with Crippen molar-refractivity contribution in [1.82, 2.24) is 0 Å². The van der Waals surface area contributed by atoms with Crippen LogP contribution in [0.2, 0.25) is 0 Å². The summed E-state index contributed by atoms with van der Waals surface area (Å²) in [6.45, 7) is 7.79. The van der Waals surface area contributed by atoms with Crippen molar-refractivity contribution in [2.45, 2.75) is 33.8 Å². The van der Waals surface area contributed by atoms with Crippen LogP contribution in [0.5, 0.6) is 5.75 Å². The van der Waals surface area contributed by atoms with Gasteiger partial charge in [0.15, 0.2) is 0 Å². The zero-order valence-corrected chi connectivity index (χ0v) is 15.0. The molecular formula is C21H22N2O2. The standard InChI is InChI=1S/C21H22N2O2/c1-14(2)25-19-9-7-17(8-10-19)12-18(13-22)21(24)23-20-11-15(3)5-6-16(20)4/h5-12,14H,1-4H3,(H,23,24)/b18-12+.